The summed E-state index contributed by atoms with van der Waals surface area (Å²) in [6, 6.07) is 7.72. The predicted molar refractivity (Wildman–Crippen MR) is 131 cm³/mol. The number of rotatable bonds is 5. The molecule has 0 spiro atoms. The summed E-state index contributed by atoms with van der Waals surface area (Å²) in [6.07, 6.45) is 2.68. The van der Waals surface area contributed by atoms with E-state index in [1.807, 2.05) is 18.2 Å². The van der Waals surface area contributed by atoms with Crippen LogP contribution in [0.15, 0.2) is 41.1 Å². The maximum Gasteiger partial charge on any atom is 0.231 e. The minimum Gasteiger partial charge on any atom is -0.436 e. The second kappa shape index (κ2) is 8.46. The molecule has 6 rings (SSSR count). The van der Waals surface area contributed by atoms with E-state index in [1.165, 1.54) is 0 Å². The van der Waals surface area contributed by atoms with Gasteiger partial charge in [-0.3, -0.25) is 4.79 Å². The number of amides is 1. The van der Waals surface area contributed by atoms with E-state index >= 15 is 0 Å². The monoisotopic (exact) mass is 476 g/mol. The van der Waals surface area contributed by atoms with Gasteiger partial charge in [0.2, 0.25) is 11.8 Å². The minimum atomic E-state index is -1.07. The van der Waals surface area contributed by atoms with Crippen LogP contribution in [0.2, 0.25) is 0 Å². The predicted octanol–water partition coefficient (Wildman–Crippen LogP) is 4.00. The molecule has 9 nitrogen and oxygen atoms in total. The van der Waals surface area contributed by atoms with Gasteiger partial charge in [-0.05, 0) is 37.6 Å². The molecule has 1 saturated carbocycles. The van der Waals surface area contributed by atoms with Gasteiger partial charge in [0.25, 0.3) is 0 Å². The number of oxazole rings is 1. The van der Waals surface area contributed by atoms with Crippen LogP contribution in [0.1, 0.15) is 13.3 Å². The Morgan fingerprint density at radius 1 is 1.20 bits per heavy atom. The number of halogens is 1. The quantitative estimate of drug-likeness (QED) is 0.445. The standard InChI is InChI=1S/C25H25FN6O3/c1-13-12-32(5-6-34-13)14-3-4-21-20(7-14)30-25(35-21)18-11-29-23(27-2)17-10-28-22(9-15(17)18)31-24(33)16-8-19(16)26/h3-4,7,9-11,13,16,19H,5-6,8,12H2,1-2H3,(H,27,29)(H,28,31,33)/t13-,16+,19-/m0/s1. The molecule has 35 heavy (non-hydrogen) atoms. The summed E-state index contributed by atoms with van der Waals surface area (Å²) in [4.78, 5) is 28.1. The number of carbonyl (C=O) groups excluding carboxylic acids is 1. The normalized spacial score (nSPS) is 21.9. The molecular weight excluding hydrogens is 451 g/mol. The van der Waals surface area contributed by atoms with Crippen molar-refractivity contribution in [3.05, 3.63) is 36.7 Å². The number of hydrogen-bond donors (Lipinski definition) is 2. The number of pyridine rings is 2. The molecule has 3 atom stereocenters. The van der Waals surface area contributed by atoms with Gasteiger partial charge in [0, 0.05) is 49.0 Å². The van der Waals surface area contributed by atoms with Crippen LogP contribution >= 0.6 is 0 Å². The molecule has 1 amide bonds. The van der Waals surface area contributed by atoms with Crippen molar-refractivity contribution in [3.8, 4) is 11.5 Å². The largest absolute Gasteiger partial charge is 0.436 e. The molecule has 1 aromatic carbocycles. The van der Waals surface area contributed by atoms with E-state index in [-0.39, 0.29) is 18.4 Å². The number of anilines is 3. The Kier molecular flexibility index (Phi) is 5.25. The molecule has 180 valence electrons. The summed E-state index contributed by atoms with van der Waals surface area (Å²) in [7, 11) is 1.78. The van der Waals surface area contributed by atoms with Gasteiger partial charge in [-0.2, -0.15) is 0 Å². The number of morpholine rings is 1. The van der Waals surface area contributed by atoms with Crippen molar-refractivity contribution in [1.29, 1.82) is 0 Å². The fourth-order valence-corrected chi connectivity index (χ4v) is 4.51. The van der Waals surface area contributed by atoms with E-state index in [2.05, 4.69) is 32.4 Å². The number of nitrogens with zero attached hydrogens (tertiary/aromatic N) is 4. The summed E-state index contributed by atoms with van der Waals surface area (Å²) in [5.74, 6) is 0.441. The van der Waals surface area contributed by atoms with E-state index in [0.29, 0.717) is 35.3 Å². The molecule has 4 heterocycles. The Hall–Kier alpha value is -3.79. The van der Waals surface area contributed by atoms with Crippen molar-refractivity contribution in [2.24, 2.45) is 5.92 Å². The van der Waals surface area contributed by atoms with Gasteiger partial charge in [0.15, 0.2) is 5.58 Å². The van der Waals surface area contributed by atoms with Crippen molar-refractivity contribution in [2.75, 3.05) is 42.3 Å². The number of hydrogen-bond acceptors (Lipinski definition) is 8. The first kappa shape index (κ1) is 21.7. The Bertz CT molecular complexity index is 1440. The lowest BCUT2D eigenvalue weighted by atomic mass is 10.1. The molecule has 1 aliphatic heterocycles. The molecule has 4 aromatic rings. The van der Waals surface area contributed by atoms with Crippen molar-refractivity contribution >= 4 is 45.1 Å². The van der Waals surface area contributed by atoms with E-state index in [4.69, 9.17) is 14.1 Å². The first-order chi connectivity index (χ1) is 17.0. The smallest absolute Gasteiger partial charge is 0.231 e. The summed E-state index contributed by atoms with van der Waals surface area (Å²) >= 11 is 0. The molecule has 0 radical (unpaired) electrons. The zero-order valence-corrected chi connectivity index (χ0v) is 19.4. The van der Waals surface area contributed by atoms with Crippen LogP contribution < -0.4 is 15.5 Å². The minimum absolute atomic E-state index is 0.175. The number of nitrogens with one attached hydrogen (secondary N) is 2. The summed E-state index contributed by atoms with van der Waals surface area (Å²) < 4.78 is 25.1. The average Bonchev–Trinajstić information content (AvgIpc) is 3.45. The SMILES string of the molecule is CNc1ncc(-c2nc3cc(N4CCO[C@@H](C)C4)ccc3o2)c2cc(NC(=O)[C@@H]3C[C@@H]3F)ncc12. The molecule has 3 aromatic heterocycles. The van der Waals surface area contributed by atoms with E-state index in [1.54, 1.807) is 25.5 Å². The molecule has 0 bridgehead atoms. The lowest BCUT2D eigenvalue weighted by Gasteiger charge is -2.32. The second-order valence-corrected chi connectivity index (χ2v) is 9.03. The maximum atomic E-state index is 13.3. The van der Waals surface area contributed by atoms with Crippen LogP contribution in [0, 0.1) is 5.92 Å². The number of alkyl halides is 1. The lowest BCUT2D eigenvalue weighted by molar-refractivity contribution is -0.117. The van der Waals surface area contributed by atoms with Crippen LogP contribution in [-0.4, -0.2) is 59.9 Å². The molecule has 2 N–H and O–H groups in total. The highest BCUT2D eigenvalue weighted by molar-refractivity contribution is 6.03. The molecule has 1 aliphatic carbocycles. The van der Waals surface area contributed by atoms with Crippen molar-refractivity contribution < 1.29 is 18.3 Å². The van der Waals surface area contributed by atoms with Gasteiger partial charge in [0.1, 0.15) is 23.3 Å². The second-order valence-electron chi connectivity index (χ2n) is 9.03. The van der Waals surface area contributed by atoms with Gasteiger partial charge in [-0.1, -0.05) is 0 Å². The molecule has 0 unspecified atom stereocenters. The topological polar surface area (TPSA) is 105 Å². The van der Waals surface area contributed by atoms with Crippen LogP contribution in [0.3, 0.4) is 0 Å². The Morgan fingerprint density at radius 2 is 2.06 bits per heavy atom. The number of benzene rings is 1. The van der Waals surface area contributed by atoms with Crippen molar-refractivity contribution in [3.63, 3.8) is 0 Å². The lowest BCUT2D eigenvalue weighted by Crippen LogP contribution is -2.41. The number of aromatic nitrogens is 3. The Balaban J connectivity index is 1.39. The molecule has 2 fully saturated rings. The average molecular weight is 477 g/mol. The third kappa shape index (κ3) is 4.03. The molecule has 1 saturated heterocycles. The Morgan fingerprint density at radius 3 is 2.83 bits per heavy atom. The maximum absolute atomic E-state index is 13.3. The van der Waals surface area contributed by atoms with Gasteiger partial charge in [-0.15, -0.1) is 0 Å². The van der Waals surface area contributed by atoms with Gasteiger partial charge >= 0.3 is 0 Å². The summed E-state index contributed by atoms with van der Waals surface area (Å²) in [5.41, 5.74) is 3.15. The van der Waals surface area contributed by atoms with E-state index < -0.39 is 12.1 Å². The summed E-state index contributed by atoms with van der Waals surface area (Å²) in [5, 5.41) is 7.29. The fourth-order valence-electron chi connectivity index (χ4n) is 4.51. The van der Waals surface area contributed by atoms with Crippen molar-refractivity contribution in [1.82, 2.24) is 15.0 Å². The van der Waals surface area contributed by atoms with Gasteiger partial charge < -0.3 is 24.7 Å². The highest BCUT2D eigenvalue weighted by atomic mass is 19.1. The third-order valence-electron chi connectivity index (χ3n) is 6.52. The van der Waals surface area contributed by atoms with Gasteiger partial charge in [0.05, 0.1) is 24.2 Å². The highest BCUT2D eigenvalue weighted by Crippen LogP contribution is 2.37. The summed E-state index contributed by atoms with van der Waals surface area (Å²) in [6.45, 7) is 4.41. The molecule has 10 heteroatoms. The van der Waals surface area contributed by atoms with Crippen LogP contribution in [-0.2, 0) is 9.53 Å². The Labute approximate surface area is 200 Å². The van der Waals surface area contributed by atoms with Crippen LogP contribution in [0.4, 0.5) is 21.7 Å². The third-order valence-corrected chi connectivity index (χ3v) is 6.52. The first-order valence-electron chi connectivity index (χ1n) is 11.7. The zero-order chi connectivity index (χ0) is 24.1. The highest BCUT2D eigenvalue weighted by Gasteiger charge is 2.43. The van der Waals surface area contributed by atoms with E-state index in [9.17, 15) is 9.18 Å². The van der Waals surface area contributed by atoms with Gasteiger partial charge in [-0.25, -0.2) is 19.3 Å². The van der Waals surface area contributed by atoms with Crippen LogP contribution in [0.5, 0.6) is 0 Å². The number of carbonyl (C=O) groups is 1. The molecule has 2 aliphatic rings. The number of fused-ring (bicyclic) bond motifs is 2. The van der Waals surface area contributed by atoms with Crippen molar-refractivity contribution in [2.45, 2.75) is 25.6 Å². The molecular formula is C25H25FN6O3. The van der Waals surface area contributed by atoms with Crippen LogP contribution in [0.25, 0.3) is 33.3 Å². The fraction of sp³-hybridized carbons (Fsp3) is 0.360. The van der Waals surface area contributed by atoms with E-state index in [0.717, 1.165) is 35.1 Å². The number of ether oxygens (including phenoxy) is 1. The zero-order valence-electron chi connectivity index (χ0n) is 19.4. The first-order valence-corrected chi connectivity index (χ1v) is 11.7.